The Bertz CT molecular complexity index is 386. The molecule has 1 rings (SSSR count). The molecule has 0 aliphatic rings. The van der Waals surface area contributed by atoms with E-state index in [4.69, 9.17) is 5.11 Å². The number of rotatable bonds is 2. The molecule has 0 atom stereocenters. The Balaban J connectivity index is 0.00000106. The summed E-state index contributed by atoms with van der Waals surface area (Å²) in [7, 11) is 0. The van der Waals surface area contributed by atoms with Crippen LogP contribution in [-0.2, 0) is 4.79 Å². The zero-order valence-electron chi connectivity index (χ0n) is 10.00. The maximum Gasteiger partial charge on any atom is 0.337 e. The lowest BCUT2D eigenvalue weighted by Gasteiger charge is -2.09. The van der Waals surface area contributed by atoms with Gasteiger partial charge >= 0.3 is 5.97 Å². The molecule has 0 saturated carbocycles. The predicted octanol–water partition coefficient (Wildman–Crippen LogP) is 2.68. The van der Waals surface area contributed by atoms with Gasteiger partial charge in [0.15, 0.2) is 0 Å². The number of carbonyl (C=O) groups is 2. The van der Waals surface area contributed by atoms with Gasteiger partial charge in [-0.05, 0) is 18.6 Å². The van der Waals surface area contributed by atoms with E-state index in [-0.39, 0.29) is 11.5 Å². The average molecular weight is 223 g/mol. The molecule has 0 spiro atoms. The maximum atomic E-state index is 10.8. The molecular formula is C12H17NO3. The van der Waals surface area contributed by atoms with Gasteiger partial charge in [-0.2, -0.15) is 0 Å². The molecule has 0 bridgehead atoms. The van der Waals surface area contributed by atoms with E-state index >= 15 is 0 Å². The minimum absolute atomic E-state index is 0.111. The number of benzene rings is 1. The summed E-state index contributed by atoms with van der Waals surface area (Å²) < 4.78 is 0. The zero-order chi connectivity index (χ0) is 12.7. The molecule has 1 amide bonds. The second-order valence-electron chi connectivity index (χ2n) is 2.98. The number of aromatic carboxylic acids is 1. The minimum atomic E-state index is -1.04. The molecule has 0 heterocycles. The van der Waals surface area contributed by atoms with Crippen LogP contribution in [0.3, 0.4) is 0 Å². The fourth-order valence-corrected chi connectivity index (χ4v) is 1.19. The summed E-state index contributed by atoms with van der Waals surface area (Å²) in [5, 5.41) is 11.4. The summed E-state index contributed by atoms with van der Waals surface area (Å²) in [6, 6.07) is 4.85. The number of carboxylic acids is 1. The summed E-state index contributed by atoms with van der Waals surface area (Å²) in [6.07, 6.45) is 0. The molecular weight excluding hydrogens is 206 g/mol. The molecule has 0 aliphatic carbocycles. The van der Waals surface area contributed by atoms with E-state index in [1.54, 1.807) is 19.1 Å². The highest BCUT2D eigenvalue weighted by Crippen LogP contribution is 2.20. The Labute approximate surface area is 95.3 Å². The van der Waals surface area contributed by atoms with Crippen molar-refractivity contribution in [3.8, 4) is 0 Å². The molecule has 4 nitrogen and oxygen atoms in total. The topological polar surface area (TPSA) is 66.4 Å². The molecule has 88 valence electrons. The van der Waals surface area contributed by atoms with Gasteiger partial charge in [0.05, 0.1) is 11.3 Å². The summed E-state index contributed by atoms with van der Waals surface area (Å²) in [4.78, 5) is 21.6. The number of nitrogens with one attached hydrogen (secondary N) is 1. The van der Waals surface area contributed by atoms with Crippen LogP contribution >= 0.6 is 0 Å². The first kappa shape index (κ1) is 14.2. The molecule has 4 heteroatoms. The fraction of sp³-hybridized carbons (Fsp3) is 0.333. The lowest BCUT2D eigenvalue weighted by Crippen LogP contribution is -2.12. The number of carbonyl (C=O) groups excluding carboxylic acids is 1. The van der Waals surface area contributed by atoms with Crippen molar-refractivity contribution in [3.05, 3.63) is 29.3 Å². The van der Waals surface area contributed by atoms with Crippen LogP contribution in [0.5, 0.6) is 0 Å². The van der Waals surface area contributed by atoms with Crippen LogP contribution in [0.2, 0.25) is 0 Å². The molecule has 16 heavy (non-hydrogen) atoms. The average Bonchev–Trinajstić information content (AvgIpc) is 2.23. The Kier molecular flexibility index (Phi) is 5.85. The fourth-order valence-electron chi connectivity index (χ4n) is 1.19. The molecule has 0 unspecified atom stereocenters. The van der Waals surface area contributed by atoms with Crippen LogP contribution in [0.1, 0.15) is 36.7 Å². The first-order valence-corrected chi connectivity index (χ1v) is 5.13. The zero-order valence-corrected chi connectivity index (χ0v) is 10.00. The molecule has 1 aromatic carbocycles. The molecule has 0 aromatic heterocycles. The van der Waals surface area contributed by atoms with E-state index in [1.165, 1.54) is 13.0 Å². The number of amides is 1. The van der Waals surface area contributed by atoms with Crippen LogP contribution < -0.4 is 5.32 Å². The van der Waals surface area contributed by atoms with Crippen molar-refractivity contribution in [1.82, 2.24) is 0 Å². The van der Waals surface area contributed by atoms with Gasteiger partial charge in [-0.25, -0.2) is 4.79 Å². The summed E-state index contributed by atoms with van der Waals surface area (Å²) in [5.74, 6) is -1.32. The number of para-hydroxylation sites is 1. The lowest BCUT2D eigenvalue weighted by atomic mass is 10.1. The van der Waals surface area contributed by atoms with E-state index < -0.39 is 5.97 Å². The van der Waals surface area contributed by atoms with Crippen LogP contribution in [0.4, 0.5) is 5.69 Å². The number of hydrogen-bond donors (Lipinski definition) is 2. The molecule has 0 saturated heterocycles. The normalized spacial score (nSPS) is 8.75. The monoisotopic (exact) mass is 223 g/mol. The maximum absolute atomic E-state index is 10.8. The van der Waals surface area contributed by atoms with Crippen LogP contribution in [0.25, 0.3) is 0 Å². The van der Waals surface area contributed by atoms with E-state index in [0.29, 0.717) is 5.69 Å². The van der Waals surface area contributed by atoms with Crippen molar-refractivity contribution < 1.29 is 14.7 Å². The van der Waals surface area contributed by atoms with E-state index in [9.17, 15) is 9.59 Å². The third-order valence-corrected chi connectivity index (χ3v) is 1.80. The predicted molar refractivity (Wildman–Crippen MR) is 63.8 cm³/mol. The molecule has 0 fully saturated rings. The van der Waals surface area contributed by atoms with E-state index in [2.05, 4.69) is 5.32 Å². The Morgan fingerprint density at radius 3 is 2.25 bits per heavy atom. The molecule has 1 aromatic rings. The van der Waals surface area contributed by atoms with Gasteiger partial charge in [0.2, 0.25) is 5.91 Å². The minimum Gasteiger partial charge on any atom is -0.478 e. The second-order valence-corrected chi connectivity index (χ2v) is 2.98. The van der Waals surface area contributed by atoms with Crippen LogP contribution in [-0.4, -0.2) is 17.0 Å². The first-order valence-electron chi connectivity index (χ1n) is 5.13. The van der Waals surface area contributed by atoms with Crippen molar-refractivity contribution in [2.24, 2.45) is 0 Å². The first-order chi connectivity index (χ1) is 7.52. The van der Waals surface area contributed by atoms with E-state index in [0.717, 1.165) is 5.56 Å². The number of anilines is 1. The van der Waals surface area contributed by atoms with Gasteiger partial charge < -0.3 is 10.4 Å². The van der Waals surface area contributed by atoms with Crippen LogP contribution in [0.15, 0.2) is 18.2 Å². The Morgan fingerprint density at radius 2 is 1.81 bits per heavy atom. The molecule has 0 aliphatic heterocycles. The van der Waals surface area contributed by atoms with Gasteiger partial charge in [0.1, 0.15) is 0 Å². The smallest absolute Gasteiger partial charge is 0.337 e. The summed E-state index contributed by atoms with van der Waals surface area (Å²) >= 11 is 0. The summed E-state index contributed by atoms with van der Waals surface area (Å²) in [6.45, 7) is 7.09. The van der Waals surface area contributed by atoms with Crippen LogP contribution in [0, 0.1) is 6.92 Å². The largest absolute Gasteiger partial charge is 0.478 e. The number of carboxylic acid groups (broad SMARTS) is 1. The van der Waals surface area contributed by atoms with Crippen molar-refractivity contribution >= 4 is 17.6 Å². The van der Waals surface area contributed by atoms with Gasteiger partial charge in [-0.1, -0.05) is 26.0 Å². The van der Waals surface area contributed by atoms with Crippen molar-refractivity contribution in [2.75, 3.05) is 5.32 Å². The van der Waals surface area contributed by atoms with Gasteiger partial charge in [-0.3, -0.25) is 4.79 Å². The highest BCUT2D eigenvalue weighted by molar-refractivity contribution is 6.00. The van der Waals surface area contributed by atoms with Crippen molar-refractivity contribution in [2.45, 2.75) is 27.7 Å². The van der Waals surface area contributed by atoms with Gasteiger partial charge in [0.25, 0.3) is 0 Å². The number of hydrogen-bond acceptors (Lipinski definition) is 2. The molecule has 0 radical (unpaired) electrons. The molecule has 2 N–H and O–H groups in total. The van der Waals surface area contributed by atoms with Crippen molar-refractivity contribution in [1.29, 1.82) is 0 Å². The third kappa shape index (κ3) is 3.73. The van der Waals surface area contributed by atoms with Gasteiger partial charge in [-0.15, -0.1) is 0 Å². The number of aryl methyl sites for hydroxylation is 1. The Morgan fingerprint density at radius 1 is 1.25 bits per heavy atom. The quantitative estimate of drug-likeness (QED) is 0.810. The third-order valence-electron chi connectivity index (χ3n) is 1.80. The highest BCUT2D eigenvalue weighted by Gasteiger charge is 2.12. The SMILES string of the molecule is CC.CC(=O)Nc1c(C)cccc1C(=O)O. The highest BCUT2D eigenvalue weighted by atomic mass is 16.4. The van der Waals surface area contributed by atoms with E-state index in [1.807, 2.05) is 13.8 Å². The lowest BCUT2D eigenvalue weighted by molar-refractivity contribution is -0.114. The summed E-state index contributed by atoms with van der Waals surface area (Å²) in [5.41, 5.74) is 1.22. The van der Waals surface area contributed by atoms with Crippen molar-refractivity contribution in [3.63, 3.8) is 0 Å². The Hall–Kier alpha value is -1.84. The van der Waals surface area contributed by atoms with Gasteiger partial charge in [0, 0.05) is 6.92 Å². The second kappa shape index (κ2) is 6.61. The standard InChI is InChI=1S/C10H11NO3.C2H6/c1-6-4-3-5-8(10(13)14)9(6)11-7(2)12;1-2/h3-5H,1-2H3,(H,11,12)(H,13,14);1-2H3.